The maximum atomic E-state index is 4.63. The molecule has 18 heavy (non-hydrogen) atoms. The van der Waals surface area contributed by atoms with Gasteiger partial charge in [-0.05, 0) is 12.1 Å². The predicted molar refractivity (Wildman–Crippen MR) is 73.7 cm³/mol. The van der Waals surface area contributed by atoms with E-state index in [-0.39, 0.29) is 0 Å². The van der Waals surface area contributed by atoms with Crippen molar-refractivity contribution in [3.05, 3.63) is 43.0 Å². The van der Waals surface area contributed by atoms with Crippen molar-refractivity contribution in [2.45, 2.75) is 11.7 Å². The van der Waals surface area contributed by atoms with Gasteiger partial charge in [0.1, 0.15) is 0 Å². The topological polar surface area (TPSA) is 35.6 Å². The van der Waals surface area contributed by atoms with Gasteiger partial charge in [-0.15, -0.1) is 0 Å². The van der Waals surface area contributed by atoms with Crippen molar-refractivity contribution in [1.29, 1.82) is 0 Å². The smallest absolute Gasteiger partial charge is 0.168 e. The molecule has 0 saturated heterocycles. The number of hydrogen-bond donors (Lipinski definition) is 0. The van der Waals surface area contributed by atoms with Gasteiger partial charge in [0.25, 0.3) is 0 Å². The number of benzene rings is 1. The number of imidazole rings is 2. The minimum atomic E-state index is 0.952. The summed E-state index contributed by atoms with van der Waals surface area (Å²) in [4.78, 5) is 8.67. The van der Waals surface area contributed by atoms with Crippen LogP contribution in [0.25, 0.3) is 11.0 Å². The molecule has 0 saturated carbocycles. The highest BCUT2D eigenvalue weighted by molar-refractivity contribution is 7.99. The number of aromatic nitrogens is 4. The van der Waals surface area contributed by atoms with Crippen molar-refractivity contribution in [1.82, 2.24) is 19.1 Å². The van der Waals surface area contributed by atoms with E-state index >= 15 is 0 Å². The molecule has 4 nitrogen and oxygen atoms in total. The summed E-state index contributed by atoms with van der Waals surface area (Å²) in [7, 11) is 2.06. The van der Waals surface area contributed by atoms with Crippen LogP contribution in [0, 0.1) is 0 Å². The lowest BCUT2D eigenvalue weighted by atomic mass is 10.3. The van der Waals surface area contributed by atoms with Gasteiger partial charge in [0.05, 0.1) is 17.4 Å². The van der Waals surface area contributed by atoms with Crippen LogP contribution in [-0.2, 0) is 13.6 Å². The zero-order valence-corrected chi connectivity index (χ0v) is 11.0. The first kappa shape index (κ1) is 11.3. The van der Waals surface area contributed by atoms with Gasteiger partial charge in [-0.3, -0.25) is 0 Å². The van der Waals surface area contributed by atoms with Crippen molar-refractivity contribution in [2.24, 2.45) is 7.05 Å². The summed E-state index contributed by atoms with van der Waals surface area (Å²) in [5.74, 6) is 0.994. The molecule has 0 atom stereocenters. The number of fused-ring (bicyclic) bond motifs is 1. The van der Waals surface area contributed by atoms with Gasteiger partial charge < -0.3 is 9.13 Å². The molecule has 0 unspecified atom stereocenters. The first-order chi connectivity index (χ1) is 8.84. The highest BCUT2D eigenvalue weighted by Gasteiger charge is 2.06. The Hall–Kier alpha value is -1.75. The molecule has 3 rings (SSSR count). The van der Waals surface area contributed by atoms with Gasteiger partial charge in [0.15, 0.2) is 5.16 Å². The Morgan fingerprint density at radius 2 is 2.17 bits per heavy atom. The van der Waals surface area contributed by atoms with Crippen LogP contribution >= 0.6 is 11.8 Å². The second-order valence-electron chi connectivity index (χ2n) is 4.09. The van der Waals surface area contributed by atoms with E-state index in [1.165, 1.54) is 5.52 Å². The van der Waals surface area contributed by atoms with Gasteiger partial charge in [-0.2, -0.15) is 0 Å². The molecule has 0 aliphatic rings. The summed E-state index contributed by atoms with van der Waals surface area (Å²) in [6.07, 6.45) is 5.63. The second kappa shape index (κ2) is 4.86. The molecule has 0 spiro atoms. The number of para-hydroxylation sites is 2. The van der Waals surface area contributed by atoms with Crippen LogP contribution in [0.2, 0.25) is 0 Å². The van der Waals surface area contributed by atoms with Crippen LogP contribution in [0.4, 0.5) is 0 Å². The Labute approximate surface area is 110 Å². The zero-order chi connectivity index (χ0) is 12.4. The molecule has 92 valence electrons. The first-order valence-electron chi connectivity index (χ1n) is 5.84. The summed E-state index contributed by atoms with van der Waals surface area (Å²) in [6, 6.07) is 8.22. The van der Waals surface area contributed by atoms with Crippen LogP contribution in [0.1, 0.15) is 0 Å². The van der Waals surface area contributed by atoms with Crippen LogP contribution in [0.15, 0.2) is 48.1 Å². The van der Waals surface area contributed by atoms with Crippen molar-refractivity contribution in [2.75, 3.05) is 5.75 Å². The van der Waals surface area contributed by atoms with Crippen LogP contribution in [0.3, 0.4) is 0 Å². The molecule has 2 aromatic heterocycles. The highest BCUT2D eigenvalue weighted by Crippen LogP contribution is 2.22. The van der Waals surface area contributed by atoms with E-state index in [0.717, 1.165) is 23.0 Å². The molecule has 0 bridgehead atoms. The lowest BCUT2D eigenvalue weighted by Crippen LogP contribution is -1.98. The maximum Gasteiger partial charge on any atom is 0.168 e. The number of hydrogen-bond acceptors (Lipinski definition) is 3. The zero-order valence-electron chi connectivity index (χ0n) is 10.2. The molecule has 1 aromatic carbocycles. The fourth-order valence-corrected chi connectivity index (χ4v) is 2.85. The molecule has 3 aromatic rings. The number of aryl methyl sites for hydroxylation is 2. The first-order valence-corrected chi connectivity index (χ1v) is 6.83. The standard InChI is InChI=1S/C13H14N4S/c1-16-12-5-3-2-4-11(12)15-13(16)18-9-8-17-7-6-14-10-17/h2-7,10H,8-9H2,1H3. The Morgan fingerprint density at radius 3 is 2.94 bits per heavy atom. The minimum absolute atomic E-state index is 0.952. The molecule has 0 aliphatic carbocycles. The van der Waals surface area contributed by atoms with E-state index in [1.807, 2.05) is 24.7 Å². The molecule has 0 fully saturated rings. The molecule has 0 amide bonds. The molecular formula is C13H14N4S. The van der Waals surface area contributed by atoms with E-state index in [0.29, 0.717) is 0 Å². The summed E-state index contributed by atoms with van der Waals surface area (Å²) in [6.45, 7) is 0.952. The van der Waals surface area contributed by atoms with Gasteiger partial charge >= 0.3 is 0 Å². The lowest BCUT2D eigenvalue weighted by Gasteiger charge is -2.02. The monoisotopic (exact) mass is 258 g/mol. The minimum Gasteiger partial charge on any atom is -0.337 e. The summed E-state index contributed by atoms with van der Waals surface area (Å²) in [5, 5.41) is 1.07. The third-order valence-electron chi connectivity index (χ3n) is 2.89. The third-order valence-corrected chi connectivity index (χ3v) is 3.90. The fraction of sp³-hybridized carbons (Fsp3) is 0.231. The fourth-order valence-electron chi connectivity index (χ4n) is 1.91. The Bertz CT molecular complexity index is 642. The lowest BCUT2D eigenvalue weighted by molar-refractivity contribution is 0.763. The summed E-state index contributed by atoms with van der Waals surface area (Å²) >= 11 is 1.77. The third kappa shape index (κ3) is 2.13. The van der Waals surface area contributed by atoms with Crippen LogP contribution in [-0.4, -0.2) is 24.9 Å². The average Bonchev–Trinajstić information content (AvgIpc) is 3.00. The van der Waals surface area contributed by atoms with E-state index in [4.69, 9.17) is 0 Å². The number of nitrogens with zero attached hydrogens (tertiary/aromatic N) is 4. The Morgan fingerprint density at radius 1 is 1.28 bits per heavy atom. The van der Waals surface area contributed by atoms with Crippen molar-refractivity contribution < 1.29 is 0 Å². The average molecular weight is 258 g/mol. The van der Waals surface area contributed by atoms with E-state index in [9.17, 15) is 0 Å². The van der Waals surface area contributed by atoms with Gasteiger partial charge in [0, 0.05) is 31.7 Å². The predicted octanol–water partition coefficient (Wildman–Crippen LogP) is 2.56. The van der Waals surface area contributed by atoms with Gasteiger partial charge in [-0.1, -0.05) is 23.9 Å². The van der Waals surface area contributed by atoms with E-state index in [2.05, 4.69) is 38.3 Å². The SMILES string of the molecule is Cn1c(SCCn2ccnc2)nc2ccccc21. The highest BCUT2D eigenvalue weighted by atomic mass is 32.2. The molecule has 0 N–H and O–H groups in total. The molecule has 0 aliphatic heterocycles. The van der Waals surface area contributed by atoms with E-state index in [1.54, 1.807) is 18.0 Å². The van der Waals surface area contributed by atoms with Crippen molar-refractivity contribution in [3.8, 4) is 0 Å². The van der Waals surface area contributed by atoms with Crippen molar-refractivity contribution in [3.63, 3.8) is 0 Å². The second-order valence-corrected chi connectivity index (χ2v) is 5.15. The van der Waals surface area contributed by atoms with E-state index < -0.39 is 0 Å². The van der Waals surface area contributed by atoms with Gasteiger partial charge in [0.2, 0.25) is 0 Å². The maximum absolute atomic E-state index is 4.63. The number of thioether (sulfide) groups is 1. The normalized spacial score (nSPS) is 11.2. The Balaban J connectivity index is 1.73. The number of rotatable bonds is 4. The largest absolute Gasteiger partial charge is 0.337 e. The van der Waals surface area contributed by atoms with Crippen LogP contribution < -0.4 is 0 Å². The van der Waals surface area contributed by atoms with Gasteiger partial charge in [-0.25, -0.2) is 9.97 Å². The molecule has 2 heterocycles. The van der Waals surface area contributed by atoms with Crippen molar-refractivity contribution >= 4 is 22.8 Å². The molecule has 0 radical (unpaired) electrons. The Kier molecular flexibility index (Phi) is 3.06. The quantitative estimate of drug-likeness (QED) is 0.675. The van der Waals surface area contributed by atoms with Crippen LogP contribution in [0.5, 0.6) is 0 Å². The molecular weight excluding hydrogens is 244 g/mol. The summed E-state index contributed by atoms with van der Waals surface area (Å²) in [5.41, 5.74) is 2.24. The molecule has 5 heteroatoms. The summed E-state index contributed by atoms with van der Waals surface area (Å²) < 4.78 is 4.23.